The van der Waals surface area contributed by atoms with Gasteiger partial charge >= 0.3 is 11.9 Å². The van der Waals surface area contributed by atoms with Crippen molar-refractivity contribution in [2.45, 2.75) is 146 Å². The zero-order valence-electron chi connectivity index (χ0n) is 56.4. The van der Waals surface area contributed by atoms with E-state index in [0.29, 0.717) is 55.2 Å². The van der Waals surface area contributed by atoms with Crippen molar-refractivity contribution >= 4 is 140 Å². The van der Waals surface area contributed by atoms with Crippen molar-refractivity contribution in [2.24, 2.45) is 0 Å². The molecule has 4 fully saturated rings. The van der Waals surface area contributed by atoms with Crippen LogP contribution >= 0.6 is 0 Å². The smallest absolute Gasteiger partial charge is 0.363 e. The Morgan fingerprint density at radius 2 is 0.901 bits per heavy atom. The fourth-order valence-corrected chi connectivity index (χ4v) is 18.6. The zero-order valence-corrected chi connectivity index (χ0v) is 56.4. The maximum absolute atomic E-state index is 13.8. The van der Waals surface area contributed by atoms with Crippen LogP contribution in [0.4, 0.5) is 0 Å². The number of fused-ring (bicyclic) bond motifs is 26. The Labute approximate surface area is 576 Å². The molecule has 101 heavy (non-hydrogen) atoms. The van der Waals surface area contributed by atoms with E-state index >= 15 is 0 Å². The Morgan fingerprint density at radius 1 is 0.485 bits per heavy atom. The summed E-state index contributed by atoms with van der Waals surface area (Å²) in [6, 6.07) is 39.5. The molecule has 0 saturated carbocycles. The van der Waals surface area contributed by atoms with E-state index in [9.17, 15) is 43.2 Å². The number of nitrogens with zero attached hydrogens (tertiary/aromatic N) is 8. The molecular formula is C78H70N8O15. The van der Waals surface area contributed by atoms with Gasteiger partial charge in [0.1, 0.15) is 24.7 Å². The van der Waals surface area contributed by atoms with E-state index in [-0.39, 0.29) is 73.8 Å². The number of imide groups is 2. The number of carbonyl (C=O) groups is 9. The summed E-state index contributed by atoms with van der Waals surface area (Å²) in [6.45, 7) is 4.69. The molecule has 11 aromatic rings. The Morgan fingerprint density at radius 3 is 1.37 bits per heavy atom. The van der Waals surface area contributed by atoms with Crippen molar-refractivity contribution in [1.82, 2.24) is 38.2 Å². The lowest BCUT2D eigenvalue weighted by molar-refractivity contribution is -0.268. The van der Waals surface area contributed by atoms with Gasteiger partial charge in [0.25, 0.3) is 23.6 Å². The van der Waals surface area contributed by atoms with E-state index in [1.807, 2.05) is 55.5 Å². The first-order valence-electron chi connectivity index (χ1n) is 34.5. The van der Waals surface area contributed by atoms with Gasteiger partial charge in [-0.15, -0.1) is 10.1 Å². The summed E-state index contributed by atoms with van der Waals surface area (Å²) in [4.78, 5) is 128. The van der Waals surface area contributed by atoms with Gasteiger partial charge in [0.15, 0.2) is 23.0 Å². The number of carbonyl (C=O) groups excluding carboxylic acids is 9. The number of aromatic nitrogens is 4. The lowest BCUT2D eigenvalue weighted by Crippen LogP contribution is -2.61. The number of benzene rings is 7. The van der Waals surface area contributed by atoms with E-state index in [4.69, 9.17) is 28.6 Å². The van der Waals surface area contributed by atoms with Gasteiger partial charge in [0.05, 0.1) is 62.2 Å². The number of likely N-dealkylation sites (N-methyl/N-ethyl adjacent to an activating group) is 2. The summed E-state index contributed by atoms with van der Waals surface area (Å²) in [6.07, 6.45) is 0.970. The molecular weight excluding hydrogens is 1290 g/mol. The van der Waals surface area contributed by atoms with Crippen LogP contribution in [0.5, 0.6) is 0 Å². The van der Waals surface area contributed by atoms with Gasteiger partial charge < -0.3 is 51.8 Å². The molecule has 8 atom stereocenters. The summed E-state index contributed by atoms with van der Waals surface area (Å²) in [5.74, 6) is -3.75. The number of rotatable bonds is 12. The number of aryl methyl sites for hydroxylation is 2. The second-order valence-corrected chi connectivity index (χ2v) is 28.2. The van der Waals surface area contributed by atoms with Crippen molar-refractivity contribution in [3.05, 3.63) is 155 Å². The zero-order chi connectivity index (χ0) is 69.6. The van der Waals surface area contributed by atoms with Crippen LogP contribution in [0.2, 0.25) is 0 Å². The minimum absolute atomic E-state index is 0.00928. The summed E-state index contributed by atoms with van der Waals surface area (Å²) < 4.78 is 36.4. The quantitative estimate of drug-likeness (QED) is 0.103. The number of ether oxygens (including phenoxy) is 4. The molecule has 7 aromatic carbocycles. The molecule has 4 aromatic heterocycles. The SMILES string of the molecule is CO[C@@H]1[C@H](N(C)C(=O)CCC(=O)ON2C(=O)CCC2=O)C[C@H]2O[C@]1(C)n1c3ccccc3c3c4c(c5c6ccccc6n2c5c31)C(=O)CC4.CO[C@@H]1[C@H](N(C)Cc2ccc(C(=O)ON3C(=O)CCC3=O)cc2)C[C@H]2O[C@]1(C)n1c3ccccc3c3c4c(c5c6ccccc6n2c5c31)C(=O)CC4. The highest BCUT2D eigenvalue weighted by atomic mass is 16.7. The van der Waals surface area contributed by atoms with Crippen molar-refractivity contribution in [3.8, 4) is 0 Å². The number of methoxy groups -OCH3 is 2. The monoisotopic (exact) mass is 1360 g/mol. The normalized spacial score (nSPS) is 24.2. The summed E-state index contributed by atoms with van der Waals surface area (Å²) in [7, 11) is 7.15. The Kier molecular flexibility index (Phi) is 14.2. The van der Waals surface area contributed by atoms with Gasteiger partial charge in [-0.05, 0) is 86.8 Å². The van der Waals surface area contributed by atoms with Gasteiger partial charge in [-0.3, -0.25) is 38.5 Å². The molecule has 23 heteroatoms. The van der Waals surface area contributed by atoms with Crippen LogP contribution in [-0.4, -0.2) is 144 Å². The summed E-state index contributed by atoms with van der Waals surface area (Å²) in [5.41, 5.74) is 11.0. The topological polar surface area (TPSA) is 242 Å². The maximum Gasteiger partial charge on any atom is 0.363 e. The predicted octanol–water partition coefficient (Wildman–Crippen LogP) is 11.2. The van der Waals surface area contributed by atoms with E-state index in [2.05, 4.69) is 97.8 Å². The minimum Gasteiger partial charge on any atom is -0.375 e. The molecule has 10 heterocycles. The van der Waals surface area contributed by atoms with Gasteiger partial charge in [-0.25, -0.2) is 9.59 Å². The van der Waals surface area contributed by atoms with Crippen LogP contribution in [0.25, 0.3) is 87.2 Å². The first-order valence-corrected chi connectivity index (χ1v) is 34.5. The lowest BCUT2D eigenvalue weighted by atomic mass is 9.91. The fourth-order valence-electron chi connectivity index (χ4n) is 18.6. The van der Waals surface area contributed by atoms with Crippen molar-refractivity contribution in [2.75, 3.05) is 28.3 Å². The third-order valence-electron chi connectivity index (χ3n) is 22.9. The standard InChI is InChI=1S/C41H36N4O7.C37H34N4O8/c1-41-39(50-3)29(42(2)21-22-12-14-23(15-13-22)40(49)52-45-31(47)18-19-32(45)48)20-33(51-41)43-27-10-6-4-8-24(27)36-35-26(16-17-30(35)46)34-25-9-5-7-11-28(25)44(41)38(34)37(36)43;1-37-36(47-3)24(38(2)26(43)16-17-30(46)49-41-27(44)14-15-28(41)45)18-29(48-37)39-22-10-6-4-8-19(22)33-32-21(12-13-25(32)42)31-20-9-5-7-11-23(20)40(37)35(31)34(33)39/h4-15,29,33,39H,16-21H2,1-3H3;4-11,24,29,36H,12-18H2,1-3H3/t29-,33-,39-,41+;24-,29-,36-,37+/m11/s1. The van der Waals surface area contributed by atoms with Crippen LogP contribution in [0.15, 0.2) is 121 Å². The number of amides is 5. The van der Waals surface area contributed by atoms with Gasteiger partial charge in [-0.1, -0.05) is 84.9 Å². The molecule has 0 spiro atoms. The van der Waals surface area contributed by atoms with E-state index < -0.39 is 71.5 Å². The average Bonchev–Trinajstić information content (AvgIpc) is 1.51. The van der Waals surface area contributed by atoms with Crippen LogP contribution in [0.3, 0.4) is 0 Å². The lowest BCUT2D eigenvalue weighted by Gasteiger charge is -2.50. The maximum atomic E-state index is 13.8. The number of ketones is 2. The number of hydrogen-bond donors (Lipinski definition) is 0. The first kappa shape index (κ1) is 62.8. The van der Waals surface area contributed by atoms with Crippen molar-refractivity contribution < 1.29 is 71.8 Å². The van der Waals surface area contributed by atoms with Crippen molar-refractivity contribution in [3.63, 3.8) is 0 Å². The molecule has 4 saturated heterocycles. The minimum atomic E-state index is -1.10. The molecule has 19 rings (SSSR count). The number of para-hydroxylation sites is 4. The molecule has 6 aliphatic heterocycles. The van der Waals surface area contributed by atoms with Gasteiger partial charge in [0.2, 0.25) is 5.91 Å². The summed E-state index contributed by atoms with van der Waals surface area (Å²) in [5, 5.41) is 9.36. The van der Waals surface area contributed by atoms with E-state index in [0.717, 1.165) is 115 Å². The molecule has 5 amide bonds. The highest BCUT2D eigenvalue weighted by molar-refractivity contribution is 6.33. The Balaban J connectivity index is 0.000000145. The second kappa shape index (κ2) is 22.8. The first-order chi connectivity index (χ1) is 48.8. The molecule has 2 aliphatic carbocycles. The summed E-state index contributed by atoms with van der Waals surface area (Å²) >= 11 is 0. The molecule has 0 N–H and O–H groups in total. The van der Waals surface area contributed by atoms with Crippen LogP contribution in [-0.2, 0) is 88.2 Å². The third kappa shape index (κ3) is 8.85. The second-order valence-electron chi connectivity index (χ2n) is 28.2. The third-order valence-corrected chi connectivity index (χ3v) is 22.9. The molecule has 4 bridgehead atoms. The molecule has 8 aliphatic rings. The number of hydroxylamine groups is 4. The van der Waals surface area contributed by atoms with Crippen molar-refractivity contribution in [1.29, 1.82) is 0 Å². The molecule has 23 nitrogen and oxygen atoms in total. The van der Waals surface area contributed by atoms with E-state index in [1.165, 1.54) is 0 Å². The van der Waals surface area contributed by atoms with Crippen LogP contribution < -0.4 is 0 Å². The predicted molar refractivity (Wildman–Crippen MR) is 370 cm³/mol. The Bertz CT molecular complexity index is 5550. The van der Waals surface area contributed by atoms with Crippen LogP contribution in [0.1, 0.15) is 138 Å². The number of Topliss-reactive ketones (excluding diaryl/α,β-unsaturated/α-hetero) is 2. The molecule has 0 radical (unpaired) electrons. The largest absolute Gasteiger partial charge is 0.375 e. The highest BCUT2D eigenvalue weighted by Gasteiger charge is 2.57. The van der Waals surface area contributed by atoms with E-state index in [1.54, 1.807) is 38.3 Å². The average molecular weight is 1360 g/mol. The molecule has 0 unspecified atom stereocenters. The fraction of sp³-hybridized carbons (Fsp3) is 0.346. The highest BCUT2D eigenvalue weighted by Crippen LogP contribution is 2.57. The molecule has 512 valence electrons. The van der Waals surface area contributed by atoms with Crippen LogP contribution in [0, 0.1) is 0 Å². The van der Waals surface area contributed by atoms with Gasteiger partial charge in [0, 0.05) is 146 Å². The Hall–Kier alpha value is -10.4. The number of hydrogen-bond acceptors (Lipinski definition) is 16. The van der Waals surface area contributed by atoms with Gasteiger partial charge in [-0.2, -0.15) is 0 Å².